The molecule has 7 heteroatoms. The molecule has 74 valence electrons. The molecule has 0 spiro atoms. The molecule has 1 aromatic heterocycles. The summed E-state index contributed by atoms with van der Waals surface area (Å²) in [6, 6.07) is 3.29. The molecular formula is C6H8O5S2. The predicted molar refractivity (Wildman–Crippen MR) is 48.8 cm³/mol. The first-order valence-electron chi connectivity index (χ1n) is 3.00. The Hall–Kier alpha value is -0.920. The topological polar surface area (TPSA) is 91.7 Å². The molecule has 0 aliphatic carbocycles. The van der Waals surface area contributed by atoms with E-state index in [1.54, 1.807) is 17.5 Å². The van der Waals surface area contributed by atoms with E-state index < -0.39 is 16.1 Å². The van der Waals surface area contributed by atoms with Gasteiger partial charge in [-0.1, -0.05) is 6.07 Å². The van der Waals surface area contributed by atoms with Crippen molar-refractivity contribution in [2.24, 2.45) is 0 Å². The maximum Gasteiger partial charge on any atom is 0.345 e. The van der Waals surface area contributed by atoms with E-state index >= 15 is 0 Å². The molecule has 0 bridgehead atoms. The maximum atomic E-state index is 10.1. The van der Waals surface area contributed by atoms with Gasteiger partial charge in [-0.25, -0.2) is 4.79 Å². The highest BCUT2D eigenvalue weighted by molar-refractivity contribution is 7.85. The molecule has 0 radical (unpaired) electrons. The molecule has 1 rings (SSSR count). The van der Waals surface area contributed by atoms with Crippen LogP contribution in [0.25, 0.3) is 0 Å². The average Bonchev–Trinajstić information content (AvgIpc) is 2.31. The van der Waals surface area contributed by atoms with Crippen LogP contribution in [0, 0.1) is 0 Å². The molecule has 1 aromatic rings. The molecule has 0 atom stereocenters. The van der Waals surface area contributed by atoms with E-state index in [1.807, 2.05) is 0 Å². The molecule has 0 saturated heterocycles. The van der Waals surface area contributed by atoms with Crippen LogP contribution < -0.4 is 0 Å². The van der Waals surface area contributed by atoms with Crippen molar-refractivity contribution in [2.45, 2.75) is 0 Å². The fourth-order valence-electron chi connectivity index (χ4n) is 0.400. The minimum atomic E-state index is -3.67. The Balaban J connectivity index is 0.000000252. The first kappa shape index (κ1) is 12.1. The third-order valence-electron chi connectivity index (χ3n) is 0.732. The van der Waals surface area contributed by atoms with Crippen molar-refractivity contribution < 1.29 is 22.9 Å². The van der Waals surface area contributed by atoms with Crippen LogP contribution in [0.2, 0.25) is 0 Å². The Morgan fingerprint density at radius 2 is 2.00 bits per heavy atom. The van der Waals surface area contributed by atoms with Gasteiger partial charge in [0, 0.05) is 0 Å². The number of aromatic carboxylic acids is 1. The quantitative estimate of drug-likeness (QED) is 0.693. The molecule has 0 aliphatic rings. The van der Waals surface area contributed by atoms with E-state index in [-0.39, 0.29) is 0 Å². The van der Waals surface area contributed by atoms with Crippen LogP contribution in [-0.2, 0) is 10.1 Å². The number of rotatable bonds is 1. The lowest BCUT2D eigenvalue weighted by Gasteiger charge is -1.78. The lowest BCUT2D eigenvalue weighted by molar-refractivity contribution is 0.0702. The van der Waals surface area contributed by atoms with E-state index in [9.17, 15) is 13.2 Å². The van der Waals surface area contributed by atoms with Crippen molar-refractivity contribution in [3.05, 3.63) is 22.4 Å². The van der Waals surface area contributed by atoms with E-state index in [1.165, 1.54) is 11.3 Å². The normalized spacial score (nSPS) is 10.0. The van der Waals surface area contributed by atoms with Gasteiger partial charge in [0.1, 0.15) is 4.88 Å². The Bertz CT molecular complexity index is 342. The molecule has 1 heterocycles. The molecule has 0 unspecified atom stereocenters. The fourth-order valence-corrected chi connectivity index (χ4v) is 0.962. The van der Waals surface area contributed by atoms with Crippen LogP contribution >= 0.6 is 11.3 Å². The van der Waals surface area contributed by atoms with Gasteiger partial charge in [0.25, 0.3) is 10.1 Å². The summed E-state index contributed by atoms with van der Waals surface area (Å²) in [6.45, 7) is 0. The summed E-state index contributed by atoms with van der Waals surface area (Å²) >= 11 is 1.23. The Morgan fingerprint density at radius 3 is 2.15 bits per heavy atom. The van der Waals surface area contributed by atoms with Crippen molar-refractivity contribution in [1.82, 2.24) is 0 Å². The van der Waals surface area contributed by atoms with Crippen LogP contribution in [-0.4, -0.2) is 30.3 Å². The summed E-state index contributed by atoms with van der Waals surface area (Å²) in [6.07, 6.45) is 0.715. The number of hydrogen-bond acceptors (Lipinski definition) is 4. The largest absolute Gasteiger partial charge is 0.477 e. The van der Waals surface area contributed by atoms with E-state index in [4.69, 9.17) is 9.66 Å². The molecule has 5 nitrogen and oxygen atoms in total. The Labute approximate surface area is 79.4 Å². The van der Waals surface area contributed by atoms with Gasteiger partial charge in [0.05, 0.1) is 6.26 Å². The van der Waals surface area contributed by atoms with E-state index in [2.05, 4.69) is 0 Å². The van der Waals surface area contributed by atoms with Crippen molar-refractivity contribution in [3.8, 4) is 0 Å². The standard InChI is InChI=1S/C5H4O2S.CH4O3S/c6-5(7)4-2-1-3-8-4;1-5(2,3)4/h1-3H,(H,6,7);1H3,(H,2,3,4). The molecule has 13 heavy (non-hydrogen) atoms. The highest BCUT2D eigenvalue weighted by Crippen LogP contribution is 2.06. The third-order valence-corrected chi connectivity index (χ3v) is 1.59. The van der Waals surface area contributed by atoms with Gasteiger partial charge < -0.3 is 5.11 Å². The van der Waals surface area contributed by atoms with Gasteiger partial charge in [-0.3, -0.25) is 4.55 Å². The van der Waals surface area contributed by atoms with Crippen molar-refractivity contribution in [3.63, 3.8) is 0 Å². The van der Waals surface area contributed by atoms with Gasteiger partial charge in [-0.15, -0.1) is 11.3 Å². The zero-order valence-corrected chi connectivity index (χ0v) is 8.30. The van der Waals surface area contributed by atoms with E-state index in [0.717, 1.165) is 0 Å². The van der Waals surface area contributed by atoms with E-state index in [0.29, 0.717) is 11.1 Å². The van der Waals surface area contributed by atoms with Crippen molar-refractivity contribution in [2.75, 3.05) is 6.26 Å². The van der Waals surface area contributed by atoms with Gasteiger partial charge in [0.2, 0.25) is 0 Å². The molecule has 0 aliphatic heterocycles. The molecule has 0 fully saturated rings. The zero-order valence-electron chi connectivity index (χ0n) is 6.67. The summed E-state index contributed by atoms with van der Waals surface area (Å²) in [5, 5.41) is 10.0. The lowest BCUT2D eigenvalue weighted by Crippen LogP contribution is -1.89. The second kappa shape index (κ2) is 4.95. The number of carboxylic acid groups (broad SMARTS) is 1. The number of carboxylic acids is 1. The van der Waals surface area contributed by atoms with Crippen LogP contribution in [0.5, 0.6) is 0 Å². The predicted octanol–water partition coefficient (Wildman–Crippen LogP) is 0.950. The molecular weight excluding hydrogens is 216 g/mol. The fraction of sp³-hybridized carbons (Fsp3) is 0.167. The SMILES string of the molecule is CS(=O)(=O)O.O=C(O)c1cccs1. The number of carbonyl (C=O) groups is 1. The van der Waals surface area contributed by atoms with Crippen LogP contribution in [0.1, 0.15) is 9.67 Å². The van der Waals surface area contributed by atoms with Crippen LogP contribution in [0.4, 0.5) is 0 Å². The highest BCUT2D eigenvalue weighted by atomic mass is 32.2. The van der Waals surface area contributed by atoms with Crippen LogP contribution in [0.15, 0.2) is 17.5 Å². The summed E-state index contributed by atoms with van der Waals surface area (Å²) in [5.41, 5.74) is 0. The minimum Gasteiger partial charge on any atom is -0.477 e. The second-order valence-corrected chi connectivity index (χ2v) is 4.43. The average molecular weight is 224 g/mol. The first-order valence-corrected chi connectivity index (χ1v) is 5.73. The molecule has 0 aromatic carbocycles. The second-order valence-electron chi connectivity index (χ2n) is 2.02. The smallest absolute Gasteiger partial charge is 0.345 e. The molecule has 0 saturated carbocycles. The highest BCUT2D eigenvalue weighted by Gasteiger charge is 1.99. The van der Waals surface area contributed by atoms with Crippen molar-refractivity contribution in [1.29, 1.82) is 0 Å². The monoisotopic (exact) mass is 224 g/mol. The third kappa shape index (κ3) is 8.99. The summed E-state index contributed by atoms with van der Waals surface area (Å²) in [7, 11) is -3.67. The van der Waals surface area contributed by atoms with Crippen molar-refractivity contribution >= 4 is 27.4 Å². The van der Waals surface area contributed by atoms with Crippen LogP contribution in [0.3, 0.4) is 0 Å². The van der Waals surface area contributed by atoms with Gasteiger partial charge in [0.15, 0.2) is 0 Å². The lowest BCUT2D eigenvalue weighted by atomic mass is 10.5. The first-order chi connectivity index (χ1) is 5.80. The summed E-state index contributed by atoms with van der Waals surface area (Å²) in [4.78, 5) is 10.5. The number of thiophene rings is 1. The molecule has 2 N–H and O–H groups in total. The Kier molecular flexibility index (Phi) is 4.60. The minimum absolute atomic E-state index is 0.394. The molecule has 0 amide bonds. The van der Waals surface area contributed by atoms with Gasteiger partial charge in [-0.2, -0.15) is 8.42 Å². The van der Waals surface area contributed by atoms with Gasteiger partial charge in [-0.05, 0) is 11.4 Å². The zero-order chi connectivity index (χ0) is 10.5. The maximum absolute atomic E-state index is 10.1. The number of hydrogen-bond donors (Lipinski definition) is 2. The summed E-state index contributed by atoms with van der Waals surface area (Å²) in [5.74, 6) is -0.847. The van der Waals surface area contributed by atoms with Gasteiger partial charge >= 0.3 is 5.97 Å². The Morgan fingerprint density at radius 1 is 1.54 bits per heavy atom. The summed E-state index contributed by atoms with van der Waals surface area (Å²) < 4.78 is 25.9.